The Morgan fingerprint density at radius 3 is 2.43 bits per heavy atom. The molecule has 0 aromatic carbocycles. The van der Waals surface area contributed by atoms with Gasteiger partial charge in [0, 0.05) is 37.4 Å². The Labute approximate surface area is 129 Å². The largest absolute Gasteiger partial charge is 0.338 e. The van der Waals surface area contributed by atoms with E-state index in [2.05, 4.69) is 47.6 Å². The average molecular weight is 292 g/mol. The van der Waals surface area contributed by atoms with E-state index in [9.17, 15) is 0 Å². The molecule has 2 rings (SSSR count). The summed E-state index contributed by atoms with van der Waals surface area (Å²) in [5.41, 5.74) is 0.159. The maximum absolute atomic E-state index is 4.52. The highest BCUT2D eigenvalue weighted by Gasteiger charge is 2.35. The van der Waals surface area contributed by atoms with E-state index in [0.29, 0.717) is 6.04 Å². The molecule has 1 N–H and O–H groups in total. The molecule has 4 heteroatoms. The normalized spacial score (nSPS) is 19.4. The van der Waals surface area contributed by atoms with Crippen LogP contribution in [-0.4, -0.2) is 45.7 Å². The molecule has 0 radical (unpaired) electrons. The van der Waals surface area contributed by atoms with Gasteiger partial charge in [0.1, 0.15) is 5.82 Å². The second kappa shape index (κ2) is 7.41. The zero-order chi connectivity index (χ0) is 15.3. The highest BCUT2D eigenvalue weighted by atomic mass is 15.2. The molecular weight excluding hydrogens is 260 g/mol. The van der Waals surface area contributed by atoms with Crippen LogP contribution in [0.2, 0.25) is 0 Å². The molecule has 1 fully saturated rings. The van der Waals surface area contributed by atoms with Crippen molar-refractivity contribution in [1.82, 2.24) is 19.8 Å². The van der Waals surface area contributed by atoms with Crippen LogP contribution < -0.4 is 5.32 Å². The molecule has 0 saturated carbocycles. The van der Waals surface area contributed by atoms with Crippen LogP contribution in [0.25, 0.3) is 0 Å². The summed E-state index contributed by atoms with van der Waals surface area (Å²) in [6, 6.07) is 0.432. The molecule has 1 aromatic rings. The third-order valence-electron chi connectivity index (χ3n) is 5.03. The summed E-state index contributed by atoms with van der Waals surface area (Å²) in [6.07, 6.45) is 10.4. The Balaban J connectivity index is 2.12. The van der Waals surface area contributed by atoms with E-state index >= 15 is 0 Å². The Kier molecular flexibility index (Phi) is 5.82. The van der Waals surface area contributed by atoms with E-state index in [1.165, 1.54) is 44.6 Å². The number of nitrogens with one attached hydrogen (secondary N) is 1. The van der Waals surface area contributed by atoms with Gasteiger partial charge in [-0.3, -0.25) is 4.90 Å². The van der Waals surface area contributed by atoms with Gasteiger partial charge in [0.05, 0.1) is 0 Å². The Morgan fingerprint density at radius 2 is 1.90 bits per heavy atom. The van der Waals surface area contributed by atoms with Gasteiger partial charge in [-0.25, -0.2) is 4.98 Å². The minimum atomic E-state index is 0.159. The van der Waals surface area contributed by atoms with E-state index in [4.69, 9.17) is 0 Å². The van der Waals surface area contributed by atoms with Gasteiger partial charge in [0.25, 0.3) is 0 Å². The number of rotatable bonds is 6. The Morgan fingerprint density at radius 1 is 1.24 bits per heavy atom. The zero-order valence-electron chi connectivity index (χ0n) is 14.2. The Bertz CT molecular complexity index is 416. The van der Waals surface area contributed by atoms with Gasteiger partial charge in [0.2, 0.25) is 0 Å². The molecule has 2 heterocycles. The summed E-state index contributed by atoms with van der Waals surface area (Å²) in [6.45, 7) is 10.5. The SMILES string of the molecule is CCNC(Cc1nccn1C)C(C)(C)N1CCCCCC1. The van der Waals surface area contributed by atoms with Crippen LogP contribution in [0.3, 0.4) is 0 Å². The van der Waals surface area contributed by atoms with Crippen molar-refractivity contribution in [3.63, 3.8) is 0 Å². The van der Waals surface area contributed by atoms with Crippen LogP contribution in [0.4, 0.5) is 0 Å². The summed E-state index contributed by atoms with van der Waals surface area (Å²) in [5.74, 6) is 1.17. The highest BCUT2D eigenvalue weighted by Crippen LogP contribution is 2.25. The zero-order valence-corrected chi connectivity index (χ0v) is 14.2. The summed E-state index contributed by atoms with van der Waals surface area (Å²) < 4.78 is 2.14. The first-order chi connectivity index (χ1) is 10.1. The van der Waals surface area contributed by atoms with Crippen LogP contribution >= 0.6 is 0 Å². The van der Waals surface area contributed by atoms with Gasteiger partial charge in [0.15, 0.2) is 0 Å². The van der Waals surface area contributed by atoms with Crippen molar-refractivity contribution in [1.29, 1.82) is 0 Å². The molecule has 1 saturated heterocycles. The quantitative estimate of drug-likeness (QED) is 0.875. The van der Waals surface area contributed by atoms with Crippen molar-refractivity contribution in [2.75, 3.05) is 19.6 Å². The lowest BCUT2D eigenvalue weighted by Gasteiger charge is -2.44. The van der Waals surface area contributed by atoms with Crippen molar-refractivity contribution < 1.29 is 0 Å². The minimum Gasteiger partial charge on any atom is -0.338 e. The van der Waals surface area contributed by atoms with E-state index in [-0.39, 0.29) is 5.54 Å². The number of aryl methyl sites for hydroxylation is 1. The van der Waals surface area contributed by atoms with Crippen LogP contribution in [0.5, 0.6) is 0 Å². The molecule has 4 nitrogen and oxygen atoms in total. The summed E-state index contributed by atoms with van der Waals surface area (Å²) in [4.78, 5) is 7.21. The van der Waals surface area contributed by atoms with Gasteiger partial charge in [-0.15, -0.1) is 0 Å². The predicted molar refractivity (Wildman–Crippen MR) is 88.5 cm³/mol. The molecule has 1 aliphatic rings. The van der Waals surface area contributed by atoms with Gasteiger partial charge in [-0.1, -0.05) is 19.8 Å². The van der Waals surface area contributed by atoms with Crippen LogP contribution in [0.1, 0.15) is 52.3 Å². The number of aromatic nitrogens is 2. The van der Waals surface area contributed by atoms with E-state index in [1.807, 2.05) is 12.4 Å². The summed E-state index contributed by atoms with van der Waals surface area (Å²) >= 11 is 0. The molecule has 0 bridgehead atoms. The van der Waals surface area contributed by atoms with Crippen LogP contribution in [0, 0.1) is 0 Å². The monoisotopic (exact) mass is 292 g/mol. The van der Waals surface area contributed by atoms with Crippen molar-refractivity contribution in [2.24, 2.45) is 7.05 Å². The van der Waals surface area contributed by atoms with Crippen LogP contribution in [0.15, 0.2) is 12.4 Å². The molecule has 1 aromatic heterocycles. The van der Waals surface area contributed by atoms with Gasteiger partial charge < -0.3 is 9.88 Å². The van der Waals surface area contributed by atoms with Gasteiger partial charge in [-0.2, -0.15) is 0 Å². The number of hydrogen-bond donors (Lipinski definition) is 1. The van der Waals surface area contributed by atoms with Crippen molar-refractivity contribution >= 4 is 0 Å². The number of hydrogen-bond acceptors (Lipinski definition) is 3. The maximum Gasteiger partial charge on any atom is 0.109 e. The van der Waals surface area contributed by atoms with Crippen molar-refractivity contribution in [3.05, 3.63) is 18.2 Å². The van der Waals surface area contributed by atoms with E-state index in [0.717, 1.165) is 13.0 Å². The number of likely N-dealkylation sites (N-methyl/N-ethyl adjacent to an activating group) is 1. The molecule has 0 aliphatic carbocycles. The van der Waals surface area contributed by atoms with Gasteiger partial charge in [-0.05, 0) is 46.3 Å². The van der Waals surface area contributed by atoms with E-state index < -0.39 is 0 Å². The van der Waals surface area contributed by atoms with Gasteiger partial charge >= 0.3 is 0 Å². The van der Waals surface area contributed by atoms with Crippen LogP contribution in [-0.2, 0) is 13.5 Å². The first kappa shape index (κ1) is 16.5. The fourth-order valence-electron chi connectivity index (χ4n) is 3.46. The number of imidazole rings is 1. The standard InChI is InChI=1S/C17H32N4/c1-5-18-15(14-16-19-10-13-20(16)4)17(2,3)21-11-8-6-7-9-12-21/h10,13,15,18H,5-9,11-12,14H2,1-4H3. The second-order valence-electron chi connectivity index (χ2n) is 6.82. The minimum absolute atomic E-state index is 0.159. The fourth-order valence-corrected chi connectivity index (χ4v) is 3.46. The lowest BCUT2D eigenvalue weighted by molar-refractivity contribution is 0.0830. The Hall–Kier alpha value is -0.870. The summed E-state index contributed by atoms with van der Waals surface area (Å²) in [5, 5.41) is 3.71. The first-order valence-corrected chi connectivity index (χ1v) is 8.50. The molecule has 1 unspecified atom stereocenters. The second-order valence-corrected chi connectivity index (χ2v) is 6.82. The fraction of sp³-hybridized carbons (Fsp3) is 0.824. The third kappa shape index (κ3) is 4.07. The number of likely N-dealkylation sites (tertiary alicyclic amines) is 1. The van der Waals surface area contributed by atoms with Crippen molar-refractivity contribution in [2.45, 2.75) is 64.5 Å². The average Bonchev–Trinajstić information content (AvgIpc) is 2.70. The first-order valence-electron chi connectivity index (χ1n) is 8.50. The smallest absolute Gasteiger partial charge is 0.109 e. The molecule has 1 aliphatic heterocycles. The topological polar surface area (TPSA) is 33.1 Å². The molecule has 21 heavy (non-hydrogen) atoms. The summed E-state index contributed by atoms with van der Waals surface area (Å²) in [7, 11) is 2.09. The predicted octanol–water partition coefficient (Wildman–Crippen LogP) is 2.60. The molecule has 1 atom stereocenters. The van der Waals surface area contributed by atoms with Crippen molar-refractivity contribution in [3.8, 4) is 0 Å². The lowest BCUT2D eigenvalue weighted by Crippen LogP contribution is -2.59. The third-order valence-corrected chi connectivity index (χ3v) is 5.03. The molecular formula is C17H32N4. The molecule has 0 amide bonds. The maximum atomic E-state index is 4.52. The highest BCUT2D eigenvalue weighted by molar-refractivity contribution is 5.02. The lowest BCUT2D eigenvalue weighted by atomic mass is 9.89. The number of nitrogens with zero attached hydrogens (tertiary/aromatic N) is 3. The molecule has 120 valence electrons. The van der Waals surface area contributed by atoms with E-state index in [1.54, 1.807) is 0 Å². The molecule has 0 spiro atoms.